The lowest BCUT2D eigenvalue weighted by Gasteiger charge is -2.34. The topological polar surface area (TPSA) is 62.1 Å². The fourth-order valence-electron chi connectivity index (χ4n) is 3.37. The first-order valence-electron chi connectivity index (χ1n) is 9.01. The van der Waals surface area contributed by atoms with Crippen LogP contribution in [0.1, 0.15) is 29.7 Å². The number of carbonyl (C=O) groups is 1. The maximum absolute atomic E-state index is 12.3. The summed E-state index contributed by atoms with van der Waals surface area (Å²) in [7, 11) is 0. The first-order valence-corrected chi connectivity index (χ1v) is 9.76. The van der Waals surface area contributed by atoms with Gasteiger partial charge in [0.1, 0.15) is 0 Å². The third-order valence-corrected chi connectivity index (χ3v) is 5.59. The number of ether oxygens (including phenoxy) is 1. The second-order valence-electron chi connectivity index (χ2n) is 6.86. The molecule has 2 aromatic carbocycles. The number of hydrogen-bond donors (Lipinski definition) is 1. The molecule has 8 heteroatoms. The van der Waals surface area contributed by atoms with Crippen LogP contribution in [0.5, 0.6) is 0 Å². The summed E-state index contributed by atoms with van der Waals surface area (Å²) in [6.45, 7) is 4.65. The average Bonchev–Trinajstić information content (AvgIpc) is 3.03. The minimum atomic E-state index is -1.29. The van der Waals surface area contributed by atoms with Gasteiger partial charge in [-0.05, 0) is 48.7 Å². The number of carboxylic acids is 1. The maximum atomic E-state index is 12.3. The van der Waals surface area contributed by atoms with Crippen LogP contribution in [0.4, 0.5) is 0 Å². The van der Waals surface area contributed by atoms with Crippen LogP contribution < -0.4 is 0 Å². The molecule has 156 valence electrons. The Balaban J connectivity index is 0.00000300. The van der Waals surface area contributed by atoms with Gasteiger partial charge in [-0.3, -0.25) is 9.80 Å². The van der Waals surface area contributed by atoms with Gasteiger partial charge in [-0.25, -0.2) is 0 Å². The Labute approximate surface area is 186 Å². The smallest absolute Gasteiger partial charge is 0.320 e. The predicted molar refractivity (Wildman–Crippen MR) is 118 cm³/mol. The summed E-state index contributed by atoms with van der Waals surface area (Å²) in [5, 5.41) is 17.6. The van der Waals surface area contributed by atoms with Crippen molar-refractivity contribution >= 4 is 47.8 Å². The fourth-order valence-corrected chi connectivity index (χ4v) is 3.70. The van der Waals surface area contributed by atoms with Gasteiger partial charge in [-0.2, -0.15) is 5.10 Å². The van der Waals surface area contributed by atoms with Crippen molar-refractivity contribution in [3.05, 3.63) is 69.2 Å². The third-order valence-electron chi connectivity index (χ3n) is 4.93. The Bertz CT molecular complexity index is 889. The number of nitrogens with zero attached hydrogens (tertiary/aromatic N) is 2. The van der Waals surface area contributed by atoms with Crippen molar-refractivity contribution in [3.8, 4) is 0 Å². The van der Waals surface area contributed by atoms with Crippen LogP contribution in [0.25, 0.3) is 0 Å². The van der Waals surface area contributed by atoms with E-state index in [4.69, 9.17) is 27.9 Å². The van der Waals surface area contributed by atoms with Crippen LogP contribution in [0.15, 0.2) is 47.6 Å². The minimum absolute atomic E-state index is 0. The highest BCUT2D eigenvalue weighted by atomic mass is 35.5. The molecule has 2 aromatic rings. The quantitative estimate of drug-likeness (QED) is 0.607. The number of hydrazone groups is 1. The Morgan fingerprint density at radius 3 is 2.52 bits per heavy atom. The number of hydrogen-bond acceptors (Lipinski definition) is 4. The van der Waals surface area contributed by atoms with E-state index >= 15 is 0 Å². The number of benzene rings is 2. The molecule has 0 amide bonds. The van der Waals surface area contributed by atoms with Crippen LogP contribution in [-0.2, 0) is 16.1 Å². The van der Waals surface area contributed by atoms with Crippen molar-refractivity contribution < 1.29 is 14.6 Å². The molecule has 0 radical (unpaired) electrons. The maximum Gasteiger partial charge on any atom is 0.320 e. The zero-order chi connectivity index (χ0) is 20.3. The Morgan fingerprint density at radius 2 is 1.93 bits per heavy atom. The highest BCUT2D eigenvalue weighted by Gasteiger charge is 2.52. The van der Waals surface area contributed by atoms with Gasteiger partial charge in [0.15, 0.2) is 5.41 Å². The van der Waals surface area contributed by atoms with E-state index in [2.05, 4.69) is 5.10 Å². The van der Waals surface area contributed by atoms with Crippen LogP contribution in [0.3, 0.4) is 0 Å². The van der Waals surface area contributed by atoms with Gasteiger partial charge >= 0.3 is 5.97 Å². The van der Waals surface area contributed by atoms with Gasteiger partial charge in [0.2, 0.25) is 0 Å². The Hall–Kier alpha value is -1.79. The summed E-state index contributed by atoms with van der Waals surface area (Å²) in [5.41, 5.74) is 1.45. The van der Waals surface area contributed by atoms with Gasteiger partial charge in [0.05, 0.1) is 19.2 Å². The van der Waals surface area contributed by atoms with E-state index in [1.54, 1.807) is 17.1 Å². The molecule has 2 unspecified atom stereocenters. The van der Waals surface area contributed by atoms with Gasteiger partial charge in [0, 0.05) is 22.9 Å². The molecule has 1 aliphatic heterocycles. The third kappa shape index (κ3) is 4.86. The normalized spacial score (nSPS) is 20.6. The monoisotopic (exact) mass is 456 g/mol. The van der Waals surface area contributed by atoms with E-state index in [0.717, 1.165) is 16.7 Å². The zero-order valence-corrected chi connectivity index (χ0v) is 18.5. The molecule has 29 heavy (non-hydrogen) atoms. The summed E-state index contributed by atoms with van der Waals surface area (Å²) >= 11 is 12.3. The summed E-state index contributed by atoms with van der Waals surface area (Å²) < 4.78 is 5.55. The van der Waals surface area contributed by atoms with Crippen molar-refractivity contribution in [2.75, 3.05) is 13.2 Å². The van der Waals surface area contributed by atoms with Crippen molar-refractivity contribution in [2.45, 2.75) is 26.4 Å². The van der Waals surface area contributed by atoms with Crippen molar-refractivity contribution in [1.29, 1.82) is 0 Å². The number of aliphatic carboxylic acids is 1. The first kappa shape index (κ1) is 23.5. The van der Waals surface area contributed by atoms with Crippen molar-refractivity contribution in [3.63, 3.8) is 0 Å². The Kier molecular flexibility index (Phi) is 7.94. The molecule has 0 spiro atoms. The van der Waals surface area contributed by atoms with Crippen LogP contribution in [-0.4, -0.2) is 35.5 Å². The number of rotatable bonds is 7. The summed E-state index contributed by atoms with van der Waals surface area (Å²) in [6, 6.07) is 12.4. The zero-order valence-electron chi connectivity index (χ0n) is 16.1. The molecule has 5 nitrogen and oxygen atoms in total. The molecule has 0 fully saturated rings. The van der Waals surface area contributed by atoms with E-state index in [9.17, 15) is 9.90 Å². The van der Waals surface area contributed by atoms with Crippen LogP contribution in [0.2, 0.25) is 10.0 Å². The van der Waals surface area contributed by atoms with Gasteiger partial charge in [-0.15, -0.1) is 12.4 Å². The Morgan fingerprint density at radius 1 is 1.24 bits per heavy atom. The lowest BCUT2D eigenvalue weighted by molar-refractivity contribution is -0.150. The predicted octanol–water partition coefficient (Wildman–Crippen LogP) is 5.37. The van der Waals surface area contributed by atoms with E-state index in [1.807, 2.05) is 44.2 Å². The van der Waals surface area contributed by atoms with Crippen LogP contribution in [0, 0.1) is 12.3 Å². The summed E-state index contributed by atoms with van der Waals surface area (Å²) in [6.07, 6.45) is 1.49. The van der Waals surface area contributed by atoms with E-state index < -0.39 is 17.4 Å². The molecule has 0 aromatic heterocycles. The van der Waals surface area contributed by atoms with Crippen LogP contribution >= 0.6 is 35.6 Å². The first-order chi connectivity index (χ1) is 13.4. The molecule has 0 aliphatic carbocycles. The number of aryl methyl sites for hydroxylation is 1. The molecule has 3 rings (SSSR count). The largest absolute Gasteiger partial charge is 0.480 e. The molecule has 0 saturated heterocycles. The fraction of sp³-hybridized carbons (Fsp3) is 0.333. The van der Waals surface area contributed by atoms with Crippen molar-refractivity contribution in [2.24, 2.45) is 10.5 Å². The standard InChI is InChI=1S/C21H22Cl2N2O3.ClH/c1-3-28-13-21(20(26)27)12-24-25(11-15-5-4-14(2)18(23)10-15)19(21)16-6-8-17(22)9-7-16;/h4-10,12,19H,3,11,13H2,1-2H3,(H,26,27);1H. The summed E-state index contributed by atoms with van der Waals surface area (Å²) in [5.74, 6) is -0.978. The summed E-state index contributed by atoms with van der Waals surface area (Å²) in [4.78, 5) is 12.3. The number of carboxylic acid groups (broad SMARTS) is 1. The molecule has 1 aliphatic rings. The molecule has 0 saturated carbocycles. The lowest BCUT2D eigenvalue weighted by atomic mass is 9.79. The molecule has 0 bridgehead atoms. The van der Waals surface area contributed by atoms with E-state index in [0.29, 0.717) is 23.2 Å². The van der Waals surface area contributed by atoms with Gasteiger partial charge in [-0.1, -0.05) is 47.5 Å². The van der Waals surface area contributed by atoms with Gasteiger partial charge in [0.25, 0.3) is 0 Å². The second kappa shape index (κ2) is 9.81. The highest BCUT2D eigenvalue weighted by Crippen LogP contribution is 2.44. The molecule has 1 N–H and O–H groups in total. The van der Waals surface area contributed by atoms with Crippen molar-refractivity contribution in [1.82, 2.24) is 5.01 Å². The average molecular weight is 458 g/mol. The minimum Gasteiger partial charge on any atom is -0.480 e. The molecule has 2 atom stereocenters. The second-order valence-corrected chi connectivity index (χ2v) is 7.71. The molecule has 1 heterocycles. The van der Waals surface area contributed by atoms with E-state index in [-0.39, 0.29) is 19.0 Å². The highest BCUT2D eigenvalue weighted by molar-refractivity contribution is 6.31. The number of halogens is 3. The SMILES string of the molecule is CCOCC1(C(=O)O)C=NN(Cc2ccc(C)c(Cl)c2)C1c1ccc(Cl)cc1.Cl. The molecular formula is C21H23Cl3N2O3. The van der Waals surface area contributed by atoms with Gasteiger partial charge < -0.3 is 9.84 Å². The van der Waals surface area contributed by atoms with E-state index in [1.165, 1.54) is 6.21 Å². The molecular weight excluding hydrogens is 435 g/mol. The lowest BCUT2D eigenvalue weighted by Crippen LogP contribution is -2.44.